The first-order valence-corrected chi connectivity index (χ1v) is 4.75. The van der Waals surface area contributed by atoms with E-state index in [4.69, 9.17) is 5.73 Å². The van der Waals surface area contributed by atoms with E-state index in [1.54, 1.807) is 19.1 Å². The minimum absolute atomic E-state index is 0.0266. The van der Waals surface area contributed by atoms with Gasteiger partial charge in [0.1, 0.15) is 0 Å². The van der Waals surface area contributed by atoms with Crippen molar-refractivity contribution in [2.24, 2.45) is 5.73 Å². The Balaban J connectivity index is 4.14. The van der Waals surface area contributed by atoms with Crippen LogP contribution in [0.1, 0.15) is 26.2 Å². The maximum absolute atomic E-state index is 11.5. The standard InChI is InChI=1S/C9H19N3O2/c1-4-5-9(14)12(11(2)3)7-6-8(10)13/h4-7H2,1-3H3,(H2,10,13). The van der Waals surface area contributed by atoms with Crippen LogP contribution in [0.5, 0.6) is 0 Å². The summed E-state index contributed by atoms with van der Waals surface area (Å²) >= 11 is 0. The molecule has 0 spiro atoms. The molecule has 0 fully saturated rings. The molecule has 0 aromatic carbocycles. The lowest BCUT2D eigenvalue weighted by molar-refractivity contribution is -0.145. The maximum atomic E-state index is 11.5. The van der Waals surface area contributed by atoms with Crippen LogP contribution in [0, 0.1) is 0 Å². The van der Waals surface area contributed by atoms with Crippen LogP contribution in [0.25, 0.3) is 0 Å². The molecular weight excluding hydrogens is 182 g/mol. The number of primary amides is 1. The molecule has 2 N–H and O–H groups in total. The van der Waals surface area contributed by atoms with E-state index < -0.39 is 0 Å². The van der Waals surface area contributed by atoms with Gasteiger partial charge in [0.05, 0.1) is 0 Å². The largest absolute Gasteiger partial charge is 0.370 e. The summed E-state index contributed by atoms with van der Waals surface area (Å²) in [6, 6.07) is 0. The lowest BCUT2D eigenvalue weighted by atomic mass is 10.3. The van der Waals surface area contributed by atoms with Crippen LogP contribution in [0.2, 0.25) is 0 Å². The molecule has 0 aliphatic rings. The Kier molecular flexibility index (Phi) is 5.87. The Hall–Kier alpha value is -1.10. The first kappa shape index (κ1) is 12.9. The number of amides is 2. The molecule has 5 nitrogen and oxygen atoms in total. The third-order valence-electron chi connectivity index (χ3n) is 1.80. The van der Waals surface area contributed by atoms with Crippen LogP contribution in [0.4, 0.5) is 0 Å². The van der Waals surface area contributed by atoms with E-state index in [1.807, 2.05) is 6.92 Å². The highest BCUT2D eigenvalue weighted by molar-refractivity contribution is 5.77. The van der Waals surface area contributed by atoms with Crippen molar-refractivity contribution in [3.05, 3.63) is 0 Å². The van der Waals surface area contributed by atoms with Crippen molar-refractivity contribution in [2.45, 2.75) is 26.2 Å². The molecule has 0 aliphatic heterocycles. The SMILES string of the molecule is CCCC(=O)N(CCC(N)=O)N(C)C. The fraction of sp³-hybridized carbons (Fsp3) is 0.778. The fourth-order valence-electron chi connectivity index (χ4n) is 1.11. The van der Waals surface area contributed by atoms with Crippen LogP contribution in [0.3, 0.4) is 0 Å². The quantitative estimate of drug-likeness (QED) is 0.613. The van der Waals surface area contributed by atoms with E-state index in [0.717, 1.165) is 6.42 Å². The number of hydrogen-bond acceptors (Lipinski definition) is 3. The molecule has 0 saturated heterocycles. The van der Waals surface area contributed by atoms with Gasteiger partial charge in [-0.15, -0.1) is 0 Å². The topological polar surface area (TPSA) is 66.6 Å². The van der Waals surface area contributed by atoms with Gasteiger partial charge in [-0.2, -0.15) is 0 Å². The van der Waals surface area contributed by atoms with Crippen molar-refractivity contribution >= 4 is 11.8 Å². The normalized spacial score (nSPS) is 10.3. The first-order chi connectivity index (χ1) is 6.49. The summed E-state index contributed by atoms with van der Waals surface area (Å²) in [6.45, 7) is 2.31. The second-order valence-electron chi connectivity index (χ2n) is 3.33. The summed E-state index contributed by atoms with van der Waals surface area (Å²) < 4.78 is 0. The molecule has 2 amide bonds. The van der Waals surface area contributed by atoms with E-state index >= 15 is 0 Å². The van der Waals surface area contributed by atoms with Gasteiger partial charge in [0.15, 0.2) is 0 Å². The van der Waals surface area contributed by atoms with E-state index in [2.05, 4.69) is 0 Å². The number of hydrazine groups is 1. The highest BCUT2D eigenvalue weighted by Gasteiger charge is 2.14. The molecule has 0 aromatic heterocycles. The van der Waals surface area contributed by atoms with E-state index in [1.165, 1.54) is 5.01 Å². The molecule has 5 heteroatoms. The predicted octanol–water partition coefficient (Wildman–Crippen LogP) is -0.0329. The van der Waals surface area contributed by atoms with E-state index in [9.17, 15) is 9.59 Å². The van der Waals surface area contributed by atoms with Gasteiger partial charge in [-0.25, -0.2) is 5.01 Å². The highest BCUT2D eigenvalue weighted by atomic mass is 16.2. The van der Waals surface area contributed by atoms with Gasteiger partial charge in [-0.05, 0) is 6.42 Å². The van der Waals surface area contributed by atoms with Crippen LogP contribution in [-0.2, 0) is 9.59 Å². The number of carbonyl (C=O) groups excluding carboxylic acids is 2. The van der Waals surface area contributed by atoms with Crippen molar-refractivity contribution in [1.82, 2.24) is 10.0 Å². The van der Waals surface area contributed by atoms with Gasteiger partial charge in [0.2, 0.25) is 11.8 Å². The van der Waals surface area contributed by atoms with Crippen molar-refractivity contribution < 1.29 is 9.59 Å². The van der Waals surface area contributed by atoms with Crippen molar-refractivity contribution in [2.75, 3.05) is 20.6 Å². The summed E-state index contributed by atoms with van der Waals surface area (Å²) in [6.07, 6.45) is 1.50. The van der Waals surface area contributed by atoms with Crippen LogP contribution >= 0.6 is 0 Å². The first-order valence-electron chi connectivity index (χ1n) is 4.75. The number of hydrogen-bond donors (Lipinski definition) is 1. The molecule has 0 atom stereocenters. The Morgan fingerprint density at radius 3 is 2.14 bits per heavy atom. The maximum Gasteiger partial charge on any atom is 0.236 e. The average molecular weight is 201 g/mol. The second-order valence-corrected chi connectivity index (χ2v) is 3.33. The fourth-order valence-corrected chi connectivity index (χ4v) is 1.11. The van der Waals surface area contributed by atoms with Gasteiger partial charge >= 0.3 is 0 Å². The summed E-state index contributed by atoms with van der Waals surface area (Å²) in [5.41, 5.74) is 5.02. The minimum atomic E-state index is -0.388. The van der Waals surface area contributed by atoms with Gasteiger partial charge < -0.3 is 5.73 Å². The molecule has 14 heavy (non-hydrogen) atoms. The number of nitrogens with zero attached hydrogens (tertiary/aromatic N) is 2. The molecule has 0 rings (SSSR count). The molecule has 0 radical (unpaired) electrons. The van der Waals surface area contributed by atoms with E-state index in [-0.39, 0.29) is 18.2 Å². The lowest BCUT2D eigenvalue weighted by Gasteiger charge is -2.28. The average Bonchev–Trinajstić information content (AvgIpc) is 2.03. The van der Waals surface area contributed by atoms with Gasteiger partial charge in [-0.1, -0.05) is 6.92 Å². The van der Waals surface area contributed by atoms with E-state index in [0.29, 0.717) is 13.0 Å². The minimum Gasteiger partial charge on any atom is -0.370 e. The zero-order chi connectivity index (χ0) is 11.1. The van der Waals surface area contributed by atoms with Crippen molar-refractivity contribution in [3.8, 4) is 0 Å². The third-order valence-corrected chi connectivity index (χ3v) is 1.80. The molecule has 0 heterocycles. The Labute approximate surface area is 84.8 Å². The number of nitrogens with two attached hydrogens (primary N) is 1. The predicted molar refractivity (Wildman–Crippen MR) is 54.1 cm³/mol. The lowest BCUT2D eigenvalue weighted by Crippen LogP contribution is -2.43. The summed E-state index contributed by atoms with van der Waals surface area (Å²) in [7, 11) is 3.54. The molecular formula is C9H19N3O2. The monoisotopic (exact) mass is 201 g/mol. The molecule has 0 aliphatic carbocycles. The van der Waals surface area contributed by atoms with Crippen LogP contribution < -0.4 is 5.73 Å². The zero-order valence-electron chi connectivity index (χ0n) is 9.12. The number of carbonyl (C=O) groups is 2. The van der Waals surface area contributed by atoms with Crippen molar-refractivity contribution in [3.63, 3.8) is 0 Å². The molecule has 0 unspecified atom stereocenters. The molecule has 0 saturated carbocycles. The Bertz CT molecular complexity index is 204. The van der Waals surface area contributed by atoms with Crippen LogP contribution in [-0.4, -0.2) is 42.5 Å². The van der Waals surface area contributed by atoms with Gasteiger partial charge in [0, 0.05) is 33.5 Å². The Morgan fingerprint density at radius 1 is 1.21 bits per heavy atom. The second kappa shape index (κ2) is 6.37. The summed E-state index contributed by atoms with van der Waals surface area (Å²) in [4.78, 5) is 22.1. The smallest absolute Gasteiger partial charge is 0.236 e. The Morgan fingerprint density at radius 2 is 1.79 bits per heavy atom. The molecule has 0 aromatic rings. The van der Waals surface area contributed by atoms with Crippen LogP contribution in [0.15, 0.2) is 0 Å². The number of rotatable bonds is 6. The van der Waals surface area contributed by atoms with Crippen molar-refractivity contribution in [1.29, 1.82) is 0 Å². The molecule has 82 valence electrons. The third kappa shape index (κ3) is 4.81. The summed E-state index contributed by atoms with van der Waals surface area (Å²) in [5.74, 6) is -0.361. The van der Waals surface area contributed by atoms with Gasteiger partial charge in [0.25, 0.3) is 0 Å². The zero-order valence-corrected chi connectivity index (χ0v) is 9.12. The summed E-state index contributed by atoms with van der Waals surface area (Å²) in [5, 5.41) is 3.22. The highest BCUT2D eigenvalue weighted by Crippen LogP contribution is 2.00. The molecule has 0 bridgehead atoms. The van der Waals surface area contributed by atoms with Gasteiger partial charge in [-0.3, -0.25) is 14.6 Å².